The van der Waals surface area contributed by atoms with Gasteiger partial charge in [-0.3, -0.25) is 0 Å². The first-order valence-corrected chi connectivity index (χ1v) is 5.49. The molecule has 0 fully saturated rings. The minimum absolute atomic E-state index is 0.386. The van der Waals surface area contributed by atoms with Crippen molar-refractivity contribution in [3.05, 3.63) is 23.8 Å². The van der Waals surface area contributed by atoms with E-state index in [0.717, 1.165) is 6.07 Å². The van der Waals surface area contributed by atoms with Crippen molar-refractivity contribution >= 4 is 10.2 Å². The van der Waals surface area contributed by atoms with Crippen LogP contribution in [0.25, 0.3) is 0 Å². The second-order valence-corrected chi connectivity index (χ2v) is 4.16. The van der Waals surface area contributed by atoms with Crippen molar-refractivity contribution in [2.75, 3.05) is 0 Å². The van der Waals surface area contributed by atoms with Gasteiger partial charge in [0, 0.05) is 6.42 Å². The highest BCUT2D eigenvalue weighted by molar-refractivity contribution is 7.86. The highest BCUT2D eigenvalue weighted by Gasteiger charge is 2.16. The molecule has 1 aromatic rings. The molecule has 0 unspecified atom stereocenters. The number of aromatic hydroxyl groups is 1. The Bertz CT molecular complexity index is 523. The van der Waals surface area contributed by atoms with Gasteiger partial charge in [-0.25, -0.2) is 0 Å². The maximum atomic E-state index is 12.6. The fourth-order valence-corrected chi connectivity index (χ4v) is 1.61. The van der Waals surface area contributed by atoms with Gasteiger partial charge in [-0.2, -0.15) is 8.42 Å². The van der Waals surface area contributed by atoms with Crippen LogP contribution in [0.3, 0.4) is 0 Å². The zero-order valence-electron chi connectivity index (χ0n) is 7.99. The third-order valence-corrected chi connectivity index (χ3v) is 2.63. The molecule has 0 heterocycles. The number of hydrogen-bond acceptors (Lipinski definition) is 3. The summed E-state index contributed by atoms with van der Waals surface area (Å²) < 4.78 is 33.6. The summed E-state index contributed by atoms with van der Waals surface area (Å²) in [6, 6.07) is 3.63. The third kappa shape index (κ3) is 2.96. The lowest BCUT2D eigenvalue weighted by atomic mass is 10.1. The van der Waals surface area contributed by atoms with Crippen LogP contribution in [0.1, 0.15) is 12.5 Å². The summed E-state index contributed by atoms with van der Waals surface area (Å²) >= 11 is 0. The molecular formula is C10H9FO3S. The van der Waals surface area contributed by atoms with Crippen molar-refractivity contribution in [3.63, 3.8) is 0 Å². The molecule has 1 rings (SSSR count). The first kappa shape index (κ1) is 11.5. The Balaban J connectivity index is 3.13. The fourth-order valence-electron chi connectivity index (χ4n) is 1.07. The van der Waals surface area contributed by atoms with Crippen LogP contribution in [0.15, 0.2) is 23.1 Å². The molecule has 1 N–H and O–H groups in total. The van der Waals surface area contributed by atoms with E-state index in [2.05, 4.69) is 11.8 Å². The quantitative estimate of drug-likeness (QED) is 0.618. The minimum Gasteiger partial charge on any atom is -0.506 e. The summed E-state index contributed by atoms with van der Waals surface area (Å²) in [6.45, 7) is 1.67. The highest BCUT2D eigenvalue weighted by Crippen LogP contribution is 2.25. The molecule has 0 saturated carbocycles. The zero-order chi connectivity index (χ0) is 11.5. The Morgan fingerprint density at radius 3 is 2.60 bits per heavy atom. The lowest BCUT2D eigenvalue weighted by Gasteiger charge is -2.01. The molecule has 15 heavy (non-hydrogen) atoms. The lowest BCUT2D eigenvalue weighted by molar-refractivity contribution is 0.455. The maximum absolute atomic E-state index is 12.6. The molecular weight excluding hydrogens is 219 g/mol. The zero-order valence-corrected chi connectivity index (χ0v) is 8.81. The van der Waals surface area contributed by atoms with Crippen LogP contribution >= 0.6 is 0 Å². The van der Waals surface area contributed by atoms with Gasteiger partial charge in [0.25, 0.3) is 0 Å². The van der Waals surface area contributed by atoms with E-state index in [1.807, 2.05) is 0 Å². The van der Waals surface area contributed by atoms with Crippen molar-refractivity contribution < 1.29 is 17.4 Å². The van der Waals surface area contributed by atoms with E-state index in [1.54, 1.807) is 6.92 Å². The molecule has 1 aromatic carbocycles. The molecule has 0 saturated heterocycles. The molecule has 0 amide bonds. The summed E-state index contributed by atoms with van der Waals surface area (Å²) in [6.07, 6.45) is 0.386. The van der Waals surface area contributed by atoms with E-state index in [0.29, 0.717) is 12.0 Å². The number of halogens is 1. The predicted molar refractivity (Wildman–Crippen MR) is 53.6 cm³/mol. The van der Waals surface area contributed by atoms with Gasteiger partial charge in [-0.15, -0.1) is 9.81 Å². The largest absolute Gasteiger partial charge is 0.506 e. The number of hydrogen-bond donors (Lipinski definition) is 1. The first-order valence-electron chi connectivity index (χ1n) is 4.11. The second-order valence-electron chi connectivity index (χ2n) is 2.84. The molecule has 0 aromatic heterocycles. The van der Waals surface area contributed by atoms with Crippen molar-refractivity contribution in [2.45, 2.75) is 18.2 Å². The summed E-state index contributed by atoms with van der Waals surface area (Å²) in [5, 5.41) is 9.26. The molecule has 5 heteroatoms. The van der Waals surface area contributed by atoms with Crippen LogP contribution in [0.2, 0.25) is 0 Å². The molecule has 0 radical (unpaired) electrons. The van der Waals surface area contributed by atoms with Crippen LogP contribution in [-0.2, 0) is 16.6 Å². The number of phenolic OH excluding ortho intramolecular Hbond substituents is 1. The van der Waals surface area contributed by atoms with Crippen molar-refractivity contribution in [3.8, 4) is 17.6 Å². The highest BCUT2D eigenvalue weighted by atomic mass is 32.3. The third-order valence-electron chi connectivity index (χ3n) is 1.76. The monoisotopic (exact) mass is 228 g/mol. The van der Waals surface area contributed by atoms with Gasteiger partial charge < -0.3 is 5.11 Å². The fraction of sp³-hybridized carbons (Fsp3) is 0.200. The Morgan fingerprint density at radius 2 is 2.13 bits per heavy atom. The van der Waals surface area contributed by atoms with Gasteiger partial charge in [0.05, 0.1) is 0 Å². The SMILES string of the molecule is CC#CCc1ccc(S(=O)(=O)F)c(O)c1. The minimum atomic E-state index is -4.86. The van der Waals surface area contributed by atoms with E-state index < -0.39 is 20.9 Å². The molecule has 0 spiro atoms. The summed E-state index contributed by atoms with van der Waals surface area (Å²) in [5.74, 6) is 4.81. The van der Waals surface area contributed by atoms with Gasteiger partial charge in [-0.05, 0) is 24.6 Å². The topological polar surface area (TPSA) is 54.4 Å². The van der Waals surface area contributed by atoms with E-state index in [1.165, 1.54) is 12.1 Å². The second kappa shape index (κ2) is 4.32. The van der Waals surface area contributed by atoms with E-state index in [4.69, 9.17) is 0 Å². The summed E-state index contributed by atoms with van der Waals surface area (Å²) in [4.78, 5) is -0.712. The lowest BCUT2D eigenvalue weighted by Crippen LogP contribution is -1.93. The van der Waals surface area contributed by atoms with Gasteiger partial charge in [0.1, 0.15) is 10.6 Å². The van der Waals surface area contributed by atoms with Gasteiger partial charge in [-0.1, -0.05) is 12.0 Å². The Hall–Kier alpha value is -1.54. The number of phenols is 1. The average Bonchev–Trinajstić information content (AvgIpc) is 2.12. The van der Waals surface area contributed by atoms with Crippen molar-refractivity contribution in [2.24, 2.45) is 0 Å². The van der Waals surface area contributed by atoms with Crippen molar-refractivity contribution in [1.82, 2.24) is 0 Å². The number of rotatable bonds is 2. The Kier molecular flexibility index (Phi) is 3.32. The molecule has 0 atom stereocenters. The molecule has 0 bridgehead atoms. The summed E-state index contributed by atoms with van der Waals surface area (Å²) in [7, 11) is -4.86. The van der Waals surface area contributed by atoms with E-state index >= 15 is 0 Å². The van der Waals surface area contributed by atoms with Gasteiger partial charge in [0.15, 0.2) is 0 Å². The molecule has 0 aliphatic carbocycles. The Morgan fingerprint density at radius 1 is 1.47 bits per heavy atom. The maximum Gasteiger partial charge on any atom is 0.335 e. The molecule has 0 aliphatic heterocycles. The summed E-state index contributed by atoms with van der Waals surface area (Å²) in [5.41, 5.74) is 0.634. The Labute approximate surface area is 87.8 Å². The van der Waals surface area contributed by atoms with Crippen LogP contribution in [0, 0.1) is 11.8 Å². The average molecular weight is 228 g/mol. The van der Waals surface area contributed by atoms with Gasteiger partial charge in [0.2, 0.25) is 0 Å². The first-order chi connectivity index (χ1) is 6.95. The predicted octanol–water partition coefficient (Wildman–Crippen LogP) is 1.62. The van der Waals surface area contributed by atoms with Crippen molar-refractivity contribution in [1.29, 1.82) is 0 Å². The smallest absolute Gasteiger partial charge is 0.335 e. The standard InChI is InChI=1S/C10H9FO3S/c1-2-3-4-8-5-6-10(9(12)7-8)15(11,13)14/h5-7,12H,4H2,1H3. The molecule has 3 nitrogen and oxygen atoms in total. The van der Waals surface area contributed by atoms with Crippen LogP contribution in [0.4, 0.5) is 3.89 Å². The molecule has 0 aliphatic rings. The van der Waals surface area contributed by atoms with E-state index in [9.17, 15) is 17.4 Å². The van der Waals surface area contributed by atoms with E-state index in [-0.39, 0.29) is 0 Å². The number of benzene rings is 1. The van der Waals surface area contributed by atoms with Crippen LogP contribution in [0.5, 0.6) is 5.75 Å². The van der Waals surface area contributed by atoms with Gasteiger partial charge >= 0.3 is 10.2 Å². The molecule has 80 valence electrons. The van der Waals surface area contributed by atoms with Crippen LogP contribution < -0.4 is 0 Å². The van der Waals surface area contributed by atoms with Crippen LogP contribution in [-0.4, -0.2) is 13.5 Å². The normalized spacial score (nSPS) is 10.5.